The van der Waals surface area contributed by atoms with E-state index in [0.29, 0.717) is 0 Å². The summed E-state index contributed by atoms with van der Waals surface area (Å²) in [6.07, 6.45) is 6.14. The predicted octanol–water partition coefficient (Wildman–Crippen LogP) is 1.89. The molecule has 0 atom stereocenters. The molecule has 0 spiro atoms. The Hall–Kier alpha value is -1.04. The van der Waals surface area contributed by atoms with Crippen LogP contribution in [0.1, 0.15) is 19.3 Å². The minimum atomic E-state index is -0.482. The van der Waals surface area contributed by atoms with Gasteiger partial charge in [0.05, 0.1) is 0 Å². The molecule has 0 aliphatic rings. The third-order valence-electron chi connectivity index (χ3n) is 1.88. The number of nitrogens with zero attached hydrogens (tertiary/aromatic N) is 3. The number of rotatable bonds is 6. The molecule has 0 saturated carbocycles. The van der Waals surface area contributed by atoms with E-state index in [1.807, 2.05) is 0 Å². The Bertz CT molecular complexity index is 301. The summed E-state index contributed by atoms with van der Waals surface area (Å²) >= 11 is 4.10. The Labute approximate surface area is 87.7 Å². The third-order valence-corrected chi connectivity index (χ3v) is 2.20. The Kier molecular flexibility index (Phi) is 4.45. The van der Waals surface area contributed by atoms with Crippen molar-refractivity contribution in [1.82, 2.24) is 9.55 Å². The quantitative estimate of drug-likeness (QED) is 0.341. The molecule has 0 amide bonds. The van der Waals surface area contributed by atoms with Crippen molar-refractivity contribution in [2.24, 2.45) is 0 Å². The maximum Gasteiger partial charge on any atom is 0.381 e. The van der Waals surface area contributed by atoms with Gasteiger partial charge in [0.2, 0.25) is 6.33 Å². The van der Waals surface area contributed by atoms with Crippen LogP contribution in [0.5, 0.6) is 0 Å². The van der Waals surface area contributed by atoms with Crippen molar-refractivity contribution >= 4 is 18.4 Å². The van der Waals surface area contributed by atoms with E-state index in [4.69, 9.17) is 0 Å². The second-order valence-electron chi connectivity index (χ2n) is 3.01. The summed E-state index contributed by atoms with van der Waals surface area (Å²) in [5.41, 5.74) is 0. The Morgan fingerprint density at radius 1 is 1.50 bits per heavy atom. The van der Waals surface area contributed by atoms with Crippen molar-refractivity contribution in [2.45, 2.75) is 25.8 Å². The molecule has 0 aliphatic heterocycles. The highest BCUT2D eigenvalue weighted by Gasteiger charge is 2.08. The molecule has 1 rings (SSSR count). The van der Waals surface area contributed by atoms with Crippen molar-refractivity contribution in [1.29, 1.82) is 0 Å². The average Bonchev–Trinajstić information content (AvgIpc) is 2.61. The summed E-state index contributed by atoms with van der Waals surface area (Å²) < 4.78 is 1.75. The molecule has 0 unspecified atom stereocenters. The summed E-state index contributed by atoms with van der Waals surface area (Å²) in [5, 5.41) is 10.3. The first-order valence-electron chi connectivity index (χ1n) is 4.51. The van der Waals surface area contributed by atoms with E-state index in [0.717, 1.165) is 31.6 Å². The molecule has 78 valence electrons. The van der Waals surface area contributed by atoms with Gasteiger partial charge in [-0.25, -0.2) is 0 Å². The summed E-state index contributed by atoms with van der Waals surface area (Å²) in [6, 6.07) is 0. The topological polar surface area (TPSA) is 61.0 Å². The maximum absolute atomic E-state index is 10.3. The number of unbranched alkanes of at least 4 members (excludes halogenated alkanes) is 2. The molecule has 0 radical (unpaired) electrons. The smallest absolute Gasteiger partial charge is 0.358 e. The summed E-state index contributed by atoms with van der Waals surface area (Å²) in [7, 11) is 0. The number of nitro groups is 1. The van der Waals surface area contributed by atoms with Gasteiger partial charge in [-0.1, -0.05) is 6.42 Å². The van der Waals surface area contributed by atoms with Gasteiger partial charge in [0.1, 0.15) is 6.20 Å². The molecule has 0 aromatic carbocycles. The van der Waals surface area contributed by atoms with Crippen LogP contribution in [-0.2, 0) is 6.54 Å². The highest BCUT2D eigenvalue weighted by atomic mass is 32.1. The van der Waals surface area contributed by atoms with E-state index < -0.39 is 4.92 Å². The van der Waals surface area contributed by atoms with Gasteiger partial charge in [-0.15, -0.1) is 0 Å². The molecule has 0 saturated heterocycles. The lowest BCUT2D eigenvalue weighted by Gasteiger charge is -1.98. The first-order valence-corrected chi connectivity index (χ1v) is 5.14. The maximum atomic E-state index is 10.3. The molecule has 6 heteroatoms. The number of hydrogen-bond donors (Lipinski definition) is 1. The lowest BCUT2D eigenvalue weighted by atomic mass is 10.2. The van der Waals surface area contributed by atoms with E-state index in [-0.39, 0.29) is 5.82 Å². The van der Waals surface area contributed by atoms with Crippen LogP contribution in [0.2, 0.25) is 0 Å². The van der Waals surface area contributed by atoms with Crippen LogP contribution in [-0.4, -0.2) is 20.2 Å². The van der Waals surface area contributed by atoms with Crippen molar-refractivity contribution < 1.29 is 4.92 Å². The van der Waals surface area contributed by atoms with Crippen molar-refractivity contribution in [2.75, 3.05) is 5.75 Å². The average molecular weight is 215 g/mol. The normalized spacial score (nSPS) is 10.4. The van der Waals surface area contributed by atoms with E-state index in [2.05, 4.69) is 17.6 Å². The zero-order chi connectivity index (χ0) is 10.4. The van der Waals surface area contributed by atoms with E-state index in [1.165, 1.54) is 12.5 Å². The molecule has 1 heterocycles. The molecular weight excluding hydrogens is 202 g/mol. The van der Waals surface area contributed by atoms with Gasteiger partial charge in [-0.3, -0.25) is 0 Å². The minimum Gasteiger partial charge on any atom is -0.358 e. The van der Waals surface area contributed by atoms with Crippen LogP contribution >= 0.6 is 12.6 Å². The first kappa shape index (κ1) is 11.0. The van der Waals surface area contributed by atoms with Crippen molar-refractivity contribution in [3.05, 3.63) is 22.6 Å². The molecule has 0 bridgehead atoms. The molecule has 5 nitrogen and oxygen atoms in total. The summed E-state index contributed by atoms with van der Waals surface area (Å²) in [4.78, 5) is 13.5. The Morgan fingerprint density at radius 2 is 2.29 bits per heavy atom. The van der Waals surface area contributed by atoms with Crippen LogP contribution in [0.15, 0.2) is 12.5 Å². The Balaban J connectivity index is 2.33. The van der Waals surface area contributed by atoms with Gasteiger partial charge < -0.3 is 14.7 Å². The van der Waals surface area contributed by atoms with Gasteiger partial charge in [-0.05, 0) is 28.5 Å². The number of imidazole rings is 1. The minimum absolute atomic E-state index is 0.0841. The zero-order valence-electron chi connectivity index (χ0n) is 7.80. The zero-order valence-corrected chi connectivity index (χ0v) is 8.69. The fraction of sp³-hybridized carbons (Fsp3) is 0.625. The van der Waals surface area contributed by atoms with Crippen LogP contribution in [0.3, 0.4) is 0 Å². The van der Waals surface area contributed by atoms with E-state index >= 15 is 0 Å². The molecule has 1 aromatic rings. The molecule has 1 aromatic heterocycles. The third kappa shape index (κ3) is 3.37. The SMILES string of the molecule is O=[N+]([O-])c1cn(CCCCCS)cn1. The molecule has 14 heavy (non-hydrogen) atoms. The number of hydrogen-bond acceptors (Lipinski definition) is 4. The first-order chi connectivity index (χ1) is 6.74. The molecular formula is C8H13N3O2S. The van der Waals surface area contributed by atoms with Gasteiger partial charge >= 0.3 is 5.82 Å². The lowest BCUT2D eigenvalue weighted by molar-refractivity contribution is -0.389. The van der Waals surface area contributed by atoms with Crippen LogP contribution in [0, 0.1) is 10.1 Å². The monoisotopic (exact) mass is 215 g/mol. The standard InChI is InChI=1S/C8H13N3O2S/c12-11(13)8-6-10(7-9-8)4-2-1-3-5-14/h6-7,14H,1-5H2. The van der Waals surface area contributed by atoms with Gasteiger partial charge in [0.25, 0.3) is 0 Å². The van der Waals surface area contributed by atoms with Gasteiger partial charge in [-0.2, -0.15) is 12.6 Å². The highest BCUT2D eigenvalue weighted by Crippen LogP contribution is 2.07. The van der Waals surface area contributed by atoms with Crippen LogP contribution < -0.4 is 0 Å². The lowest BCUT2D eigenvalue weighted by Crippen LogP contribution is -1.94. The van der Waals surface area contributed by atoms with Crippen molar-refractivity contribution in [3.8, 4) is 0 Å². The summed E-state index contributed by atoms with van der Waals surface area (Å²) in [6.45, 7) is 0.786. The molecule has 0 fully saturated rings. The van der Waals surface area contributed by atoms with Crippen LogP contribution in [0.25, 0.3) is 0 Å². The van der Waals surface area contributed by atoms with E-state index in [9.17, 15) is 10.1 Å². The second-order valence-corrected chi connectivity index (χ2v) is 3.46. The van der Waals surface area contributed by atoms with Crippen molar-refractivity contribution in [3.63, 3.8) is 0 Å². The molecule has 0 aliphatic carbocycles. The van der Waals surface area contributed by atoms with E-state index in [1.54, 1.807) is 4.57 Å². The largest absolute Gasteiger partial charge is 0.381 e. The predicted molar refractivity (Wildman–Crippen MR) is 56.6 cm³/mol. The van der Waals surface area contributed by atoms with Gasteiger partial charge in [0.15, 0.2) is 0 Å². The summed E-state index contributed by atoms with van der Waals surface area (Å²) in [5.74, 6) is 0.809. The second kappa shape index (κ2) is 5.64. The Morgan fingerprint density at radius 3 is 2.86 bits per heavy atom. The van der Waals surface area contributed by atoms with Gasteiger partial charge in [0, 0.05) is 6.54 Å². The number of aromatic nitrogens is 2. The fourth-order valence-corrected chi connectivity index (χ4v) is 1.37. The fourth-order valence-electron chi connectivity index (χ4n) is 1.15. The number of thiol groups is 1. The highest BCUT2D eigenvalue weighted by molar-refractivity contribution is 7.80. The number of aryl methyl sites for hydroxylation is 1. The van der Waals surface area contributed by atoms with Crippen LogP contribution in [0.4, 0.5) is 5.82 Å². The molecule has 0 N–H and O–H groups in total.